The van der Waals surface area contributed by atoms with Gasteiger partial charge in [-0.25, -0.2) is 4.99 Å². The van der Waals surface area contributed by atoms with Gasteiger partial charge < -0.3 is 16.4 Å². The van der Waals surface area contributed by atoms with Crippen LogP contribution in [0.2, 0.25) is 0 Å². The Morgan fingerprint density at radius 3 is 2.79 bits per heavy atom. The molecule has 1 unspecified atom stereocenters. The first-order chi connectivity index (χ1) is 11.1. The zero-order chi connectivity index (χ0) is 16.7. The van der Waals surface area contributed by atoms with Crippen molar-refractivity contribution >= 4 is 41.5 Å². The fourth-order valence-electron chi connectivity index (χ4n) is 2.38. The molecule has 0 aromatic heterocycles. The molecule has 0 bridgehead atoms. The topological polar surface area (TPSA) is 79.5 Å². The Morgan fingerprint density at radius 2 is 2.17 bits per heavy atom. The number of nitrogens with zero attached hydrogens (tertiary/aromatic N) is 1. The molecule has 0 saturated heterocycles. The number of carbonyl (C=O) groups is 1. The van der Waals surface area contributed by atoms with Crippen LogP contribution in [-0.2, 0) is 11.3 Å². The van der Waals surface area contributed by atoms with Gasteiger partial charge in [-0.3, -0.25) is 4.79 Å². The Bertz CT molecular complexity index is 558. The van der Waals surface area contributed by atoms with Crippen LogP contribution >= 0.6 is 24.0 Å². The molecule has 0 spiro atoms. The molecule has 1 aliphatic carbocycles. The maximum absolute atomic E-state index is 11.9. The van der Waals surface area contributed by atoms with Crippen LogP contribution in [-0.4, -0.2) is 18.4 Å². The second kappa shape index (κ2) is 10.5. The van der Waals surface area contributed by atoms with E-state index >= 15 is 0 Å². The van der Waals surface area contributed by atoms with Crippen molar-refractivity contribution in [3.05, 3.63) is 29.8 Å². The molecule has 1 aromatic rings. The normalized spacial score (nSPS) is 15.8. The highest BCUT2D eigenvalue weighted by Gasteiger charge is 2.16. The first-order valence-electron chi connectivity index (χ1n) is 8.52. The minimum atomic E-state index is 0. The standard InChI is InChI=1S/C18H28N4O.HI/c1-3-13(2)17(23)22-16-9-5-8-15(10-16)12-21-18(19)20-11-14-6-4-7-14;/h5,8-10,13-14H,3-4,6-7,11-12H2,1-2H3,(H,22,23)(H3,19,20,21);1H. The Hall–Kier alpha value is -1.31. The van der Waals surface area contributed by atoms with Crippen LogP contribution in [0, 0.1) is 11.8 Å². The number of nitrogens with one attached hydrogen (secondary N) is 2. The molecular weight excluding hydrogens is 415 g/mol. The first kappa shape index (κ1) is 20.7. The molecular formula is C18H29IN4O. The van der Waals surface area contributed by atoms with E-state index in [0.717, 1.165) is 30.1 Å². The van der Waals surface area contributed by atoms with E-state index in [1.54, 1.807) is 0 Å². The van der Waals surface area contributed by atoms with Crippen molar-refractivity contribution < 1.29 is 4.79 Å². The van der Waals surface area contributed by atoms with Gasteiger partial charge in [0.15, 0.2) is 5.96 Å². The minimum absolute atomic E-state index is 0. The van der Waals surface area contributed by atoms with Crippen LogP contribution in [0.15, 0.2) is 29.3 Å². The lowest BCUT2D eigenvalue weighted by Gasteiger charge is -2.25. The molecule has 1 aromatic carbocycles. The van der Waals surface area contributed by atoms with Crippen LogP contribution in [0.5, 0.6) is 0 Å². The van der Waals surface area contributed by atoms with Crippen molar-refractivity contribution in [3.63, 3.8) is 0 Å². The lowest BCUT2D eigenvalue weighted by molar-refractivity contribution is -0.119. The number of amides is 1. The van der Waals surface area contributed by atoms with E-state index in [2.05, 4.69) is 15.6 Å². The molecule has 4 N–H and O–H groups in total. The van der Waals surface area contributed by atoms with Crippen LogP contribution in [0.1, 0.15) is 45.1 Å². The third kappa shape index (κ3) is 6.67. The lowest BCUT2D eigenvalue weighted by atomic mass is 9.85. The van der Waals surface area contributed by atoms with Crippen molar-refractivity contribution in [2.45, 2.75) is 46.1 Å². The molecule has 0 heterocycles. The number of aliphatic imine (C=N–C) groups is 1. The summed E-state index contributed by atoms with van der Waals surface area (Å²) in [5.74, 6) is 1.31. The zero-order valence-electron chi connectivity index (χ0n) is 14.5. The van der Waals surface area contributed by atoms with Gasteiger partial charge in [-0.15, -0.1) is 24.0 Å². The zero-order valence-corrected chi connectivity index (χ0v) is 16.9. The number of hydrogen-bond acceptors (Lipinski definition) is 2. The van der Waals surface area contributed by atoms with Gasteiger partial charge in [0.2, 0.25) is 5.91 Å². The van der Waals surface area contributed by atoms with E-state index in [4.69, 9.17) is 5.73 Å². The number of carbonyl (C=O) groups excluding carboxylic acids is 1. The molecule has 134 valence electrons. The Labute approximate surface area is 161 Å². The monoisotopic (exact) mass is 444 g/mol. The second-order valence-corrected chi connectivity index (χ2v) is 6.38. The predicted molar refractivity (Wildman–Crippen MR) is 111 cm³/mol. The van der Waals surface area contributed by atoms with E-state index in [1.165, 1.54) is 19.3 Å². The molecule has 24 heavy (non-hydrogen) atoms. The van der Waals surface area contributed by atoms with Gasteiger partial charge in [-0.05, 0) is 42.9 Å². The van der Waals surface area contributed by atoms with Crippen LogP contribution in [0.4, 0.5) is 5.69 Å². The molecule has 1 saturated carbocycles. The number of rotatable bonds is 7. The van der Waals surface area contributed by atoms with Crippen molar-refractivity contribution in [3.8, 4) is 0 Å². The fourth-order valence-corrected chi connectivity index (χ4v) is 2.38. The molecule has 0 radical (unpaired) electrons. The fraction of sp³-hybridized carbons (Fsp3) is 0.556. The van der Waals surface area contributed by atoms with E-state index in [-0.39, 0.29) is 35.8 Å². The van der Waals surface area contributed by atoms with E-state index in [9.17, 15) is 4.79 Å². The molecule has 1 fully saturated rings. The number of benzene rings is 1. The summed E-state index contributed by atoms with van der Waals surface area (Å²) >= 11 is 0. The largest absolute Gasteiger partial charge is 0.370 e. The summed E-state index contributed by atoms with van der Waals surface area (Å²) in [6.07, 6.45) is 4.74. The van der Waals surface area contributed by atoms with Crippen LogP contribution < -0.4 is 16.4 Å². The van der Waals surface area contributed by atoms with Gasteiger partial charge in [0.25, 0.3) is 0 Å². The maximum atomic E-state index is 11.9. The average Bonchev–Trinajstić information content (AvgIpc) is 2.51. The summed E-state index contributed by atoms with van der Waals surface area (Å²) < 4.78 is 0. The Morgan fingerprint density at radius 1 is 1.42 bits per heavy atom. The van der Waals surface area contributed by atoms with E-state index in [0.29, 0.717) is 12.5 Å². The molecule has 0 aliphatic heterocycles. The summed E-state index contributed by atoms with van der Waals surface area (Å²) in [6.45, 7) is 5.36. The van der Waals surface area contributed by atoms with Gasteiger partial charge in [0.1, 0.15) is 0 Å². The third-order valence-electron chi connectivity index (χ3n) is 4.48. The average molecular weight is 444 g/mol. The SMILES string of the molecule is CCC(C)C(=O)Nc1cccc(CN=C(N)NCC2CCC2)c1.I. The summed E-state index contributed by atoms with van der Waals surface area (Å²) in [6, 6.07) is 7.76. The molecule has 5 nitrogen and oxygen atoms in total. The highest BCUT2D eigenvalue weighted by molar-refractivity contribution is 14.0. The van der Waals surface area contributed by atoms with Crippen LogP contribution in [0.25, 0.3) is 0 Å². The smallest absolute Gasteiger partial charge is 0.227 e. The summed E-state index contributed by atoms with van der Waals surface area (Å²) in [5, 5.41) is 6.12. The second-order valence-electron chi connectivity index (χ2n) is 6.38. The molecule has 1 atom stereocenters. The van der Waals surface area contributed by atoms with Crippen LogP contribution in [0.3, 0.4) is 0 Å². The number of hydrogen-bond donors (Lipinski definition) is 3. The minimum Gasteiger partial charge on any atom is -0.370 e. The quantitative estimate of drug-likeness (QED) is 0.342. The van der Waals surface area contributed by atoms with E-state index in [1.807, 2.05) is 38.1 Å². The van der Waals surface area contributed by atoms with E-state index < -0.39 is 0 Å². The van der Waals surface area contributed by atoms with Gasteiger partial charge in [0, 0.05) is 18.2 Å². The molecule has 2 rings (SSSR count). The molecule has 1 amide bonds. The predicted octanol–water partition coefficient (Wildman–Crippen LogP) is 3.49. The molecule has 6 heteroatoms. The summed E-state index contributed by atoms with van der Waals surface area (Å²) in [5.41, 5.74) is 7.73. The summed E-state index contributed by atoms with van der Waals surface area (Å²) in [7, 11) is 0. The Balaban J connectivity index is 0.00000288. The van der Waals surface area contributed by atoms with Gasteiger partial charge in [-0.1, -0.05) is 32.4 Å². The van der Waals surface area contributed by atoms with Crippen molar-refractivity contribution in [2.75, 3.05) is 11.9 Å². The number of guanidine groups is 1. The first-order valence-corrected chi connectivity index (χ1v) is 8.52. The Kier molecular flexibility index (Phi) is 9.10. The van der Waals surface area contributed by atoms with Gasteiger partial charge in [0.05, 0.1) is 6.54 Å². The number of nitrogens with two attached hydrogens (primary N) is 1. The lowest BCUT2D eigenvalue weighted by Crippen LogP contribution is -2.37. The molecule has 1 aliphatic rings. The highest BCUT2D eigenvalue weighted by Crippen LogP contribution is 2.25. The number of halogens is 1. The highest BCUT2D eigenvalue weighted by atomic mass is 127. The van der Waals surface area contributed by atoms with Gasteiger partial charge in [-0.2, -0.15) is 0 Å². The van der Waals surface area contributed by atoms with Crippen molar-refractivity contribution in [1.29, 1.82) is 0 Å². The van der Waals surface area contributed by atoms with Gasteiger partial charge >= 0.3 is 0 Å². The maximum Gasteiger partial charge on any atom is 0.227 e. The van der Waals surface area contributed by atoms with Crippen molar-refractivity contribution in [2.24, 2.45) is 22.6 Å². The summed E-state index contributed by atoms with van der Waals surface area (Å²) in [4.78, 5) is 16.3. The van der Waals surface area contributed by atoms with Crippen molar-refractivity contribution in [1.82, 2.24) is 5.32 Å². The third-order valence-corrected chi connectivity index (χ3v) is 4.48. The number of anilines is 1.